The van der Waals surface area contributed by atoms with E-state index in [1.165, 1.54) is 11.1 Å². The zero-order valence-electron chi connectivity index (χ0n) is 18.0. The van der Waals surface area contributed by atoms with Gasteiger partial charge in [-0.25, -0.2) is 4.98 Å². The number of rotatable bonds is 5. The fourth-order valence-corrected chi connectivity index (χ4v) is 3.93. The molecule has 0 bridgehead atoms. The number of hydrogen-bond acceptors (Lipinski definition) is 4. The third-order valence-electron chi connectivity index (χ3n) is 5.68. The van der Waals surface area contributed by atoms with Gasteiger partial charge in [0, 0.05) is 43.6 Å². The molecule has 6 nitrogen and oxygen atoms in total. The molecular formula is C24H29N5O. The number of piperazine rings is 1. The number of carbonyl (C=O) groups is 1. The van der Waals surface area contributed by atoms with Gasteiger partial charge in [-0.3, -0.25) is 9.48 Å². The summed E-state index contributed by atoms with van der Waals surface area (Å²) in [4.78, 5) is 21.6. The second kappa shape index (κ2) is 8.69. The summed E-state index contributed by atoms with van der Waals surface area (Å²) in [6, 6.07) is 14.5. The van der Waals surface area contributed by atoms with Gasteiger partial charge in [0.15, 0.2) is 0 Å². The Balaban J connectivity index is 1.42. The summed E-state index contributed by atoms with van der Waals surface area (Å²) in [6.45, 7) is 9.57. The molecule has 1 aromatic carbocycles. The molecule has 1 aliphatic rings. The van der Waals surface area contributed by atoms with E-state index in [0.717, 1.165) is 42.3 Å². The molecule has 156 valence electrons. The maximum atomic E-state index is 13.0. The highest BCUT2D eigenvalue weighted by Gasteiger charge is 2.23. The quantitative estimate of drug-likeness (QED) is 0.655. The summed E-state index contributed by atoms with van der Waals surface area (Å²) in [6.07, 6.45) is 2.69. The lowest BCUT2D eigenvalue weighted by atomic mass is 10.1. The van der Waals surface area contributed by atoms with Crippen LogP contribution < -0.4 is 4.90 Å². The Morgan fingerprint density at radius 1 is 1.00 bits per heavy atom. The molecule has 3 aromatic rings. The number of aryl methyl sites for hydroxylation is 3. The van der Waals surface area contributed by atoms with Crippen molar-refractivity contribution < 1.29 is 4.79 Å². The van der Waals surface area contributed by atoms with Crippen LogP contribution in [0.25, 0.3) is 11.3 Å². The van der Waals surface area contributed by atoms with Crippen LogP contribution in [0.4, 0.5) is 5.82 Å². The fraction of sp³-hybridized carbons (Fsp3) is 0.375. The first-order valence-electron chi connectivity index (χ1n) is 10.6. The lowest BCUT2D eigenvalue weighted by Crippen LogP contribution is -2.50. The Hall–Kier alpha value is -3.15. The maximum absolute atomic E-state index is 13.0. The van der Waals surface area contributed by atoms with E-state index < -0.39 is 0 Å². The minimum atomic E-state index is 0.125. The number of amides is 1. The minimum absolute atomic E-state index is 0.125. The molecule has 6 heteroatoms. The zero-order chi connectivity index (χ0) is 21.1. The SMILES string of the molecule is CCc1cc(-c2cccc(C)c2)nn1CC(=O)N1CCN(c2cc(C)ccn2)CC1. The molecule has 4 rings (SSSR count). The molecule has 2 aromatic heterocycles. The first-order chi connectivity index (χ1) is 14.5. The number of pyridine rings is 1. The van der Waals surface area contributed by atoms with E-state index >= 15 is 0 Å². The topological polar surface area (TPSA) is 54.3 Å². The third-order valence-corrected chi connectivity index (χ3v) is 5.68. The minimum Gasteiger partial charge on any atom is -0.353 e. The van der Waals surface area contributed by atoms with Gasteiger partial charge in [-0.2, -0.15) is 5.10 Å². The van der Waals surface area contributed by atoms with Crippen molar-refractivity contribution in [1.29, 1.82) is 0 Å². The van der Waals surface area contributed by atoms with Crippen LogP contribution in [0.1, 0.15) is 23.7 Å². The van der Waals surface area contributed by atoms with E-state index in [9.17, 15) is 4.79 Å². The van der Waals surface area contributed by atoms with Crippen molar-refractivity contribution in [3.63, 3.8) is 0 Å². The van der Waals surface area contributed by atoms with Crippen LogP contribution in [0.2, 0.25) is 0 Å². The predicted octanol–water partition coefficient (Wildman–Crippen LogP) is 3.47. The van der Waals surface area contributed by atoms with Gasteiger partial charge >= 0.3 is 0 Å². The van der Waals surface area contributed by atoms with Gasteiger partial charge in [-0.05, 0) is 50.1 Å². The van der Waals surface area contributed by atoms with Crippen molar-refractivity contribution in [3.8, 4) is 11.3 Å². The summed E-state index contributed by atoms with van der Waals surface area (Å²) in [5.41, 5.74) is 5.52. The van der Waals surface area contributed by atoms with E-state index in [2.05, 4.69) is 61.0 Å². The second-order valence-corrected chi connectivity index (χ2v) is 7.96. The normalized spacial score (nSPS) is 14.2. The molecule has 1 saturated heterocycles. The van der Waals surface area contributed by atoms with Crippen LogP contribution >= 0.6 is 0 Å². The number of hydrogen-bond donors (Lipinski definition) is 0. The molecule has 0 N–H and O–H groups in total. The van der Waals surface area contributed by atoms with Crippen LogP contribution in [0.5, 0.6) is 0 Å². The van der Waals surface area contributed by atoms with Gasteiger partial charge in [0.2, 0.25) is 5.91 Å². The highest BCUT2D eigenvalue weighted by atomic mass is 16.2. The molecule has 0 atom stereocenters. The van der Waals surface area contributed by atoms with E-state index in [0.29, 0.717) is 13.1 Å². The zero-order valence-corrected chi connectivity index (χ0v) is 18.0. The van der Waals surface area contributed by atoms with Crippen LogP contribution in [-0.2, 0) is 17.8 Å². The Bertz CT molecular complexity index is 1030. The molecule has 1 fully saturated rings. The summed E-state index contributed by atoms with van der Waals surface area (Å²) < 4.78 is 1.87. The molecular weight excluding hydrogens is 374 g/mol. The smallest absolute Gasteiger partial charge is 0.244 e. The third kappa shape index (κ3) is 4.37. The van der Waals surface area contributed by atoms with E-state index in [-0.39, 0.29) is 12.5 Å². The Labute approximate surface area is 178 Å². The molecule has 0 spiro atoms. The van der Waals surface area contributed by atoms with Crippen molar-refractivity contribution in [3.05, 3.63) is 65.5 Å². The largest absolute Gasteiger partial charge is 0.353 e. The van der Waals surface area contributed by atoms with Crippen LogP contribution in [0.3, 0.4) is 0 Å². The summed E-state index contributed by atoms with van der Waals surface area (Å²) in [7, 11) is 0. The lowest BCUT2D eigenvalue weighted by molar-refractivity contribution is -0.132. The Morgan fingerprint density at radius 2 is 1.77 bits per heavy atom. The first kappa shape index (κ1) is 20.1. The highest BCUT2D eigenvalue weighted by molar-refractivity contribution is 5.76. The van der Waals surface area contributed by atoms with E-state index in [4.69, 9.17) is 5.10 Å². The van der Waals surface area contributed by atoms with E-state index in [1.54, 1.807) is 0 Å². The van der Waals surface area contributed by atoms with Gasteiger partial charge in [0.1, 0.15) is 12.4 Å². The van der Waals surface area contributed by atoms with Crippen molar-refractivity contribution in [2.24, 2.45) is 0 Å². The number of benzene rings is 1. The standard InChI is InChI=1S/C24H29N5O/c1-4-21-16-22(20-7-5-6-18(2)14-20)26-29(21)17-24(30)28-12-10-27(11-13-28)23-15-19(3)8-9-25-23/h5-9,14-16H,4,10-13,17H2,1-3H3. The van der Waals surface area contributed by atoms with Gasteiger partial charge in [-0.1, -0.05) is 30.7 Å². The molecule has 0 aliphatic carbocycles. The fourth-order valence-electron chi connectivity index (χ4n) is 3.93. The van der Waals surface area contributed by atoms with Crippen molar-refractivity contribution in [2.75, 3.05) is 31.1 Å². The molecule has 0 unspecified atom stereocenters. The molecule has 3 heterocycles. The van der Waals surface area contributed by atoms with Crippen molar-refractivity contribution in [1.82, 2.24) is 19.7 Å². The van der Waals surface area contributed by atoms with Crippen molar-refractivity contribution >= 4 is 11.7 Å². The summed E-state index contributed by atoms with van der Waals surface area (Å²) in [5.74, 6) is 1.12. The lowest BCUT2D eigenvalue weighted by Gasteiger charge is -2.35. The number of aromatic nitrogens is 3. The van der Waals surface area contributed by atoms with Crippen LogP contribution in [0.15, 0.2) is 48.7 Å². The Kier molecular flexibility index (Phi) is 5.84. The summed E-state index contributed by atoms with van der Waals surface area (Å²) >= 11 is 0. The van der Waals surface area contributed by atoms with Crippen molar-refractivity contribution in [2.45, 2.75) is 33.7 Å². The average molecular weight is 404 g/mol. The molecule has 1 aliphatic heterocycles. The van der Waals surface area contributed by atoms with Crippen LogP contribution in [-0.4, -0.2) is 51.8 Å². The molecule has 1 amide bonds. The number of carbonyl (C=O) groups excluding carboxylic acids is 1. The van der Waals surface area contributed by atoms with Gasteiger partial charge in [0.05, 0.1) is 5.69 Å². The highest BCUT2D eigenvalue weighted by Crippen LogP contribution is 2.21. The monoisotopic (exact) mass is 403 g/mol. The maximum Gasteiger partial charge on any atom is 0.244 e. The summed E-state index contributed by atoms with van der Waals surface area (Å²) in [5, 5.41) is 4.75. The average Bonchev–Trinajstić information content (AvgIpc) is 3.17. The first-order valence-corrected chi connectivity index (χ1v) is 10.6. The molecule has 0 saturated carbocycles. The number of nitrogens with zero attached hydrogens (tertiary/aromatic N) is 5. The van der Waals surface area contributed by atoms with E-state index in [1.807, 2.05) is 27.9 Å². The van der Waals surface area contributed by atoms with Gasteiger partial charge in [-0.15, -0.1) is 0 Å². The molecule has 0 radical (unpaired) electrons. The predicted molar refractivity (Wildman–Crippen MR) is 120 cm³/mol. The second-order valence-electron chi connectivity index (χ2n) is 7.96. The van der Waals surface area contributed by atoms with Gasteiger partial charge < -0.3 is 9.80 Å². The van der Waals surface area contributed by atoms with Gasteiger partial charge in [0.25, 0.3) is 0 Å². The Morgan fingerprint density at radius 3 is 2.47 bits per heavy atom. The molecule has 30 heavy (non-hydrogen) atoms. The number of anilines is 1. The van der Waals surface area contributed by atoms with Crippen LogP contribution in [0, 0.1) is 13.8 Å².